The number of benzene rings is 2. The van der Waals surface area contributed by atoms with Crippen molar-refractivity contribution < 1.29 is 9.18 Å². The van der Waals surface area contributed by atoms with E-state index < -0.39 is 0 Å². The molecule has 28 heavy (non-hydrogen) atoms. The van der Waals surface area contributed by atoms with Crippen molar-refractivity contribution in [3.63, 3.8) is 0 Å². The third-order valence-corrected chi connectivity index (χ3v) is 4.38. The van der Waals surface area contributed by atoms with Crippen LogP contribution in [0.4, 0.5) is 15.9 Å². The lowest BCUT2D eigenvalue weighted by Gasteiger charge is -2.09. The van der Waals surface area contributed by atoms with Crippen molar-refractivity contribution >= 4 is 17.4 Å². The summed E-state index contributed by atoms with van der Waals surface area (Å²) < 4.78 is 13.6. The monoisotopic (exact) mass is 378 g/mol. The van der Waals surface area contributed by atoms with Crippen LogP contribution < -0.4 is 10.6 Å². The molecule has 2 aromatic carbocycles. The number of carbonyl (C=O) groups excluding carboxylic acids is 1. The maximum Gasteiger partial charge on any atom is 0.275 e. The maximum atomic E-state index is 13.6. The third kappa shape index (κ3) is 5.13. The quantitative estimate of drug-likeness (QED) is 0.628. The minimum atomic E-state index is -0.317. The Morgan fingerprint density at radius 2 is 1.79 bits per heavy atom. The molecular formula is C22H23FN4O. The fourth-order valence-corrected chi connectivity index (χ4v) is 2.71. The number of amides is 1. The van der Waals surface area contributed by atoms with Crippen LogP contribution in [0, 0.1) is 5.82 Å². The first-order chi connectivity index (χ1) is 13.5. The molecule has 5 nitrogen and oxygen atoms in total. The molecule has 2 N–H and O–H groups in total. The zero-order chi connectivity index (χ0) is 19.9. The second-order valence-corrected chi connectivity index (χ2v) is 6.79. The highest BCUT2D eigenvalue weighted by molar-refractivity contribution is 6.02. The average Bonchev–Trinajstić information content (AvgIpc) is 2.70. The highest BCUT2D eigenvalue weighted by atomic mass is 19.1. The van der Waals surface area contributed by atoms with E-state index in [4.69, 9.17) is 0 Å². The lowest BCUT2D eigenvalue weighted by atomic mass is 10.0. The van der Waals surface area contributed by atoms with Gasteiger partial charge in [0.1, 0.15) is 17.3 Å². The highest BCUT2D eigenvalue weighted by Crippen LogP contribution is 2.17. The molecule has 144 valence electrons. The van der Waals surface area contributed by atoms with Crippen molar-refractivity contribution in [1.29, 1.82) is 0 Å². The molecule has 0 saturated carbocycles. The van der Waals surface area contributed by atoms with Gasteiger partial charge in [0.2, 0.25) is 0 Å². The number of hydrogen-bond acceptors (Lipinski definition) is 4. The summed E-state index contributed by atoms with van der Waals surface area (Å²) in [6.07, 6.45) is 3.45. The van der Waals surface area contributed by atoms with Crippen LogP contribution in [0.25, 0.3) is 0 Å². The highest BCUT2D eigenvalue weighted by Gasteiger charge is 2.09. The summed E-state index contributed by atoms with van der Waals surface area (Å²) in [7, 11) is 0. The van der Waals surface area contributed by atoms with E-state index in [1.165, 1.54) is 24.0 Å². The number of hydrogen-bond donors (Lipinski definition) is 2. The molecule has 3 rings (SSSR count). The van der Waals surface area contributed by atoms with Crippen molar-refractivity contribution in [2.24, 2.45) is 0 Å². The predicted octanol–water partition coefficient (Wildman–Crippen LogP) is 4.65. The summed E-state index contributed by atoms with van der Waals surface area (Å²) in [5.74, 6) is 0.440. The molecule has 0 radical (unpaired) electrons. The third-order valence-electron chi connectivity index (χ3n) is 4.38. The molecule has 6 heteroatoms. The van der Waals surface area contributed by atoms with Crippen LogP contribution in [-0.2, 0) is 6.42 Å². The van der Waals surface area contributed by atoms with Gasteiger partial charge in [-0.25, -0.2) is 14.4 Å². The lowest BCUT2D eigenvalue weighted by molar-refractivity contribution is 0.102. The van der Waals surface area contributed by atoms with Gasteiger partial charge in [-0.3, -0.25) is 4.79 Å². The van der Waals surface area contributed by atoms with Crippen LogP contribution in [0.2, 0.25) is 0 Å². The molecular weight excluding hydrogens is 355 g/mol. The topological polar surface area (TPSA) is 66.9 Å². The molecule has 0 aliphatic rings. The van der Waals surface area contributed by atoms with E-state index in [1.54, 1.807) is 12.1 Å². The van der Waals surface area contributed by atoms with E-state index in [0.717, 1.165) is 0 Å². The van der Waals surface area contributed by atoms with E-state index in [2.05, 4.69) is 34.4 Å². The van der Waals surface area contributed by atoms with Gasteiger partial charge < -0.3 is 10.6 Å². The molecule has 0 unspecified atom stereocenters. The fraction of sp³-hybridized carbons (Fsp3) is 0.227. The first-order valence-electron chi connectivity index (χ1n) is 9.23. The zero-order valence-electron chi connectivity index (χ0n) is 15.9. The molecule has 0 fully saturated rings. The predicted molar refractivity (Wildman–Crippen MR) is 109 cm³/mol. The van der Waals surface area contributed by atoms with Gasteiger partial charge in [-0.1, -0.05) is 44.2 Å². The minimum Gasteiger partial charge on any atom is -0.368 e. The normalized spacial score (nSPS) is 10.7. The molecule has 0 spiro atoms. The van der Waals surface area contributed by atoms with Crippen LogP contribution >= 0.6 is 0 Å². The Morgan fingerprint density at radius 3 is 2.43 bits per heavy atom. The molecule has 1 amide bonds. The molecule has 0 atom stereocenters. The van der Waals surface area contributed by atoms with Gasteiger partial charge in [0.05, 0.1) is 12.4 Å². The summed E-state index contributed by atoms with van der Waals surface area (Å²) in [5, 5.41) is 5.89. The number of carbonyl (C=O) groups is 1. The zero-order valence-corrected chi connectivity index (χ0v) is 15.9. The molecule has 3 aromatic rings. The summed E-state index contributed by atoms with van der Waals surface area (Å²) in [5.41, 5.74) is 2.79. The molecule has 0 bridgehead atoms. The molecule has 0 aliphatic heterocycles. The van der Waals surface area contributed by atoms with E-state index >= 15 is 0 Å². The number of halogens is 1. The number of nitrogens with one attached hydrogen (secondary N) is 2. The van der Waals surface area contributed by atoms with Gasteiger partial charge >= 0.3 is 0 Å². The van der Waals surface area contributed by atoms with Crippen molar-refractivity contribution in [2.75, 3.05) is 17.2 Å². The van der Waals surface area contributed by atoms with Crippen LogP contribution in [0.1, 0.15) is 41.4 Å². The van der Waals surface area contributed by atoms with Crippen LogP contribution in [-0.4, -0.2) is 22.4 Å². The molecule has 0 aliphatic carbocycles. The van der Waals surface area contributed by atoms with Crippen molar-refractivity contribution in [2.45, 2.75) is 26.2 Å². The summed E-state index contributed by atoms with van der Waals surface area (Å²) >= 11 is 0. The maximum absolute atomic E-state index is 13.6. The molecule has 1 heterocycles. The van der Waals surface area contributed by atoms with E-state index in [9.17, 15) is 9.18 Å². The van der Waals surface area contributed by atoms with Gasteiger partial charge in [0.15, 0.2) is 0 Å². The molecule has 1 aromatic heterocycles. The number of anilines is 2. The smallest absolute Gasteiger partial charge is 0.275 e. The lowest BCUT2D eigenvalue weighted by Crippen LogP contribution is -2.15. The Kier molecular flexibility index (Phi) is 6.32. The van der Waals surface area contributed by atoms with Crippen molar-refractivity contribution in [3.8, 4) is 0 Å². The van der Waals surface area contributed by atoms with Crippen LogP contribution in [0.15, 0.2) is 60.9 Å². The van der Waals surface area contributed by atoms with Gasteiger partial charge in [0, 0.05) is 12.2 Å². The van der Waals surface area contributed by atoms with E-state index in [0.29, 0.717) is 36.0 Å². The summed E-state index contributed by atoms with van der Waals surface area (Å²) in [6, 6.07) is 14.4. The SMILES string of the molecule is CC(C)c1ccc(NC(=O)c2cnc(NCCc3ccccc3F)cn2)cc1. The number of rotatable bonds is 7. The van der Waals surface area contributed by atoms with Gasteiger partial charge in [-0.15, -0.1) is 0 Å². The minimum absolute atomic E-state index is 0.219. The van der Waals surface area contributed by atoms with Crippen molar-refractivity contribution in [3.05, 3.63) is 83.6 Å². The van der Waals surface area contributed by atoms with Crippen LogP contribution in [0.3, 0.4) is 0 Å². The van der Waals surface area contributed by atoms with E-state index in [-0.39, 0.29) is 17.4 Å². The second kappa shape index (κ2) is 9.08. The van der Waals surface area contributed by atoms with Gasteiger partial charge in [-0.2, -0.15) is 0 Å². The number of nitrogens with zero attached hydrogens (tertiary/aromatic N) is 2. The standard InChI is InChI=1S/C22H23FN4O/c1-15(2)16-7-9-18(10-8-16)27-22(28)20-13-26-21(14-25-20)24-12-11-17-5-3-4-6-19(17)23/h3-10,13-15H,11-12H2,1-2H3,(H,24,26)(H,27,28). The largest absolute Gasteiger partial charge is 0.368 e. The fourth-order valence-electron chi connectivity index (χ4n) is 2.71. The summed E-state index contributed by atoms with van der Waals surface area (Å²) in [4.78, 5) is 20.7. The Labute approximate surface area is 164 Å². The van der Waals surface area contributed by atoms with Gasteiger partial charge in [-0.05, 0) is 41.7 Å². The Morgan fingerprint density at radius 1 is 1.04 bits per heavy atom. The van der Waals surface area contributed by atoms with Crippen LogP contribution in [0.5, 0.6) is 0 Å². The Balaban J connectivity index is 1.53. The number of aromatic nitrogens is 2. The second-order valence-electron chi connectivity index (χ2n) is 6.79. The Bertz CT molecular complexity index is 924. The first-order valence-corrected chi connectivity index (χ1v) is 9.23. The average molecular weight is 378 g/mol. The van der Waals surface area contributed by atoms with E-state index in [1.807, 2.05) is 30.3 Å². The van der Waals surface area contributed by atoms with Gasteiger partial charge in [0.25, 0.3) is 5.91 Å². The molecule has 0 saturated heterocycles. The Hall–Kier alpha value is -3.28. The van der Waals surface area contributed by atoms with Crippen molar-refractivity contribution in [1.82, 2.24) is 9.97 Å². The first kappa shape index (κ1) is 19.5. The summed E-state index contributed by atoms with van der Waals surface area (Å²) in [6.45, 7) is 4.76.